The van der Waals surface area contributed by atoms with Gasteiger partial charge in [0.1, 0.15) is 12.4 Å². The summed E-state index contributed by atoms with van der Waals surface area (Å²) in [6, 6.07) is 9.47. The SMILES string of the molecule is Cc1ncoc1COc1cc(Cl)cc(-c2cc(C3CNC(=O)NC3=O)cn(-c3cccnc3)c2=O)c1. The smallest absolute Gasteiger partial charge is 0.321 e. The summed E-state index contributed by atoms with van der Waals surface area (Å²) in [5.74, 6) is -0.163. The van der Waals surface area contributed by atoms with Gasteiger partial charge in [-0.2, -0.15) is 0 Å². The zero-order valence-corrected chi connectivity index (χ0v) is 19.8. The van der Waals surface area contributed by atoms with Gasteiger partial charge in [-0.15, -0.1) is 0 Å². The van der Waals surface area contributed by atoms with Gasteiger partial charge in [-0.3, -0.25) is 24.5 Å². The quantitative estimate of drug-likeness (QED) is 0.411. The van der Waals surface area contributed by atoms with Crippen LogP contribution in [-0.4, -0.2) is 33.0 Å². The maximum atomic E-state index is 13.6. The van der Waals surface area contributed by atoms with Crippen molar-refractivity contribution in [3.8, 4) is 22.6 Å². The number of hydrogen-bond donors (Lipinski definition) is 2. The second-order valence-electron chi connectivity index (χ2n) is 8.15. The van der Waals surface area contributed by atoms with E-state index in [-0.39, 0.29) is 18.7 Å². The van der Waals surface area contributed by atoms with Gasteiger partial charge in [0.15, 0.2) is 12.2 Å². The molecule has 2 N–H and O–H groups in total. The number of aryl methyl sites for hydroxylation is 1. The van der Waals surface area contributed by atoms with Crippen LogP contribution in [0.1, 0.15) is 22.9 Å². The van der Waals surface area contributed by atoms with E-state index in [9.17, 15) is 14.4 Å². The normalized spacial score (nSPS) is 15.3. The third-order valence-corrected chi connectivity index (χ3v) is 6.00. The number of imide groups is 1. The number of carbonyl (C=O) groups is 2. The summed E-state index contributed by atoms with van der Waals surface area (Å²) in [4.78, 5) is 45.9. The van der Waals surface area contributed by atoms with E-state index in [1.54, 1.807) is 55.0 Å². The monoisotopic (exact) mass is 505 g/mol. The topological polar surface area (TPSA) is 128 Å². The molecule has 36 heavy (non-hydrogen) atoms. The van der Waals surface area contributed by atoms with Crippen LogP contribution in [0.3, 0.4) is 0 Å². The van der Waals surface area contributed by atoms with Crippen LogP contribution in [0, 0.1) is 6.92 Å². The molecule has 1 fully saturated rings. The predicted octanol–water partition coefficient (Wildman–Crippen LogP) is 3.35. The summed E-state index contributed by atoms with van der Waals surface area (Å²) in [6.45, 7) is 2.03. The molecule has 1 atom stereocenters. The minimum atomic E-state index is -0.700. The standard InChI is InChI=1S/C25H20ClN5O5/c1-14-22(36-13-29-14)12-35-19-6-15(5-17(26)8-19)20-7-16(21-10-28-25(34)30-23(21)32)11-31(24(20)33)18-3-2-4-27-9-18/h2-9,11,13,21H,10,12H2,1H3,(H2,28,30,32,34). The van der Waals surface area contributed by atoms with Crippen molar-refractivity contribution in [1.82, 2.24) is 25.2 Å². The molecule has 3 aromatic heterocycles. The van der Waals surface area contributed by atoms with Crippen LogP contribution in [-0.2, 0) is 11.4 Å². The molecule has 1 aliphatic heterocycles. The number of nitrogens with zero attached hydrogens (tertiary/aromatic N) is 3. The van der Waals surface area contributed by atoms with Crippen LogP contribution in [0.15, 0.2) is 70.6 Å². The van der Waals surface area contributed by atoms with E-state index in [4.69, 9.17) is 20.8 Å². The molecule has 1 saturated heterocycles. The van der Waals surface area contributed by atoms with Crippen molar-refractivity contribution in [2.45, 2.75) is 19.4 Å². The highest BCUT2D eigenvalue weighted by molar-refractivity contribution is 6.31. The van der Waals surface area contributed by atoms with Gasteiger partial charge in [0.25, 0.3) is 5.56 Å². The van der Waals surface area contributed by atoms with Crippen LogP contribution >= 0.6 is 11.6 Å². The lowest BCUT2D eigenvalue weighted by Crippen LogP contribution is -2.51. The lowest BCUT2D eigenvalue weighted by Gasteiger charge is -2.23. The molecule has 4 heterocycles. The number of carbonyl (C=O) groups excluding carboxylic acids is 2. The molecular formula is C25H20ClN5O5. The molecule has 1 aromatic carbocycles. The number of rotatable bonds is 6. The summed E-state index contributed by atoms with van der Waals surface area (Å²) < 4.78 is 12.6. The van der Waals surface area contributed by atoms with Crippen LogP contribution in [0.2, 0.25) is 5.02 Å². The molecule has 0 bridgehead atoms. The Balaban J connectivity index is 1.60. The van der Waals surface area contributed by atoms with Crippen LogP contribution < -0.4 is 20.9 Å². The number of ether oxygens (including phenoxy) is 1. The van der Waals surface area contributed by atoms with Crippen LogP contribution in [0.25, 0.3) is 16.8 Å². The van der Waals surface area contributed by atoms with Gasteiger partial charge in [0, 0.05) is 29.5 Å². The van der Waals surface area contributed by atoms with E-state index in [0.717, 1.165) is 0 Å². The number of benzene rings is 1. The van der Waals surface area contributed by atoms with Gasteiger partial charge >= 0.3 is 6.03 Å². The molecule has 10 nitrogen and oxygen atoms in total. The number of amides is 3. The van der Waals surface area contributed by atoms with Crippen LogP contribution in [0.4, 0.5) is 4.79 Å². The molecule has 11 heteroatoms. The van der Waals surface area contributed by atoms with Gasteiger partial charge in [-0.25, -0.2) is 9.78 Å². The molecule has 1 unspecified atom stereocenters. The Kier molecular flexibility index (Phi) is 6.26. The number of hydrogen-bond acceptors (Lipinski definition) is 7. The highest BCUT2D eigenvalue weighted by Crippen LogP contribution is 2.30. The van der Waals surface area contributed by atoms with Crippen molar-refractivity contribution in [3.05, 3.63) is 93.8 Å². The molecule has 0 radical (unpaired) electrons. The highest BCUT2D eigenvalue weighted by Gasteiger charge is 2.29. The molecule has 4 aromatic rings. The van der Waals surface area contributed by atoms with Crippen LogP contribution in [0.5, 0.6) is 5.75 Å². The summed E-state index contributed by atoms with van der Waals surface area (Å²) in [5.41, 5.74) is 2.21. The van der Waals surface area contributed by atoms with Gasteiger partial charge in [-0.05, 0) is 54.4 Å². The average Bonchev–Trinajstić information content (AvgIpc) is 3.28. The van der Waals surface area contributed by atoms with Crippen molar-refractivity contribution in [2.75, 3.05) is 6.54 Å². The molecule has 0 saturated carbocycles. The molecule has 0 spiro atoms. The zero-order chi connectivity index (χ0) is 25.2. The second kappa shape index (κ2) is 9.67. The van der Waals surface area contributed by atoms with E-state index in [1.165, 1.54) is 11.0 Å². The molecule has 3 amide bonds. The number of halogens is 1. The van der Waals surface area contributed by atoms with Gasteiger partial charge in [0.2, 0.25) is 5.91 Å². The first-order chi connectivity index (χ1) is 17.4. The average molecular weight is 506 g/mol. The van der Waals surface area contributed by atoms with Crippen molar-refractivity contribution in [2.24, 2.45) is 0 Å². The first kappa shape index (κ1) is 23.3. The first-order valence-electron chi connectivity index (χ1n) is 11.0. The minimum Gasteiger partial charge on any atom is -0.486 e. The Labute approximate surface area is 209 Å². The number of aromatic nitrogens is 3. The highest BCUT2D eigenvalue weighted by atomic mass is 35.5. The minimum absolute atomic E-state index is 0.0930. The number of oxazole rings is 1. The summed E-state index contributed by atoms with van der Waals surface area (Å²) in [7, 11) is 0. The van der Waals surface area contributed by atoms with E-state index in [2.05, 4.69) is 20.6 Å². The van der Waals surface area contributed by atoms with Crippen molar-refractivity contribution >= 4 is 23.5 Å². The molecule has 1 aliphatic rings. The first-order valence-corrected chi connectivity index (χ1v) is 11.4. The van der Waals surface area contributed by atoms with E-state index in [0.29, 0.717) is 44.6 Å². The molecular weight excluding hydrogens is 486 g/mol. The fourth-order valence-corrected chi connectivity index (χ4v) is 4.13. The maximum absolute atomic E-state index is 13.6. The molecule has 5 rings (SSSR count). The summed E-state index contributed by atoms with van der Waals surface area (Å²) >= 11 is 6.38. The Morgan fingerprint density at radius 3 is 2.81 bits per heavy atom. The van der Waals surface area contributed by atoms with Gasteiger partial charge in [0.05, 0.1) is 23.5 Å². The molecule has 0 aliphatic carbocycles. The van der Waals surface area contributed by atoms with E-state index < -0.39 is 17.9 Å². The Morgan fingerprint density at radius 2 is 2.08 bits per heavy atom. The van der Waals surface area contributed by atoms with E-state index in [1.807, 2.05) is 6.92 Å². The Bertz CT molecular complexity index is 1520. The second-order valence-corrected chi connectivity index (χ2v) is 8.59. The zero-order valence-electron chi connectivity index (χ0n) is 19.0. The number of nitrogens with one attached hydrogen (secondary N) is 2. The summed E-state index contributed by atoms with van der Waals surface area (Å²) in [6.07, 6.45) is 6.07. The fraction of sp³-hybridized carbons (Fsp3) is 0.160. The Morgan fingerprint density at radius 1 is 1.22 bits per heavy atom. The Hall–Kier alpha value is -4.44. The van der Waals surface area contributed by atoms with E-state index >= 15 is 0 Å². The van der Waals surface area contributed by atoms with Crippen molar-refractivity contribution in [3.63, 3.8) is 0 Å². The number of urea groups is 1. The third kappa shape index (κ3) is 4.71. The van der Waals surface area contributed by atoms with Gasteiger partial charge in [-0.1, -0.05) is 11.6 Å². The number of pyridine rings is 2. The lowest BCUT2D eigenvalue weighted by molar-refractivity contribution is -0.122. The van der Waals surface area contributed by atoms with Gasteiger partial charge < -0.3 is 14.5 Å². The van der Waals surface area contributed by atoms with Crippen molar-refractivity contribution in [1.29, 1.82) is 0 Å². The van der Waals surface area contributed by atoms with Crippen molar-refractivity contribution < 1.29 is 18.7 Å². The largest absolute Gasteiger partial charge is 0.486 e. The predicted molar refractivity (Wildman–Crippen MR) is 130 cm³/mol. The third-order valence-electron chi connectivity index (χ3n) is 5.78. The lowest BCUT2D eigenvalue weighted by atomic mass is 9.95. The maximum Gasteiger partial charge on any atom is 0.321 e. The molecule has 182 valence electrons. The summed E-state index contributed by atoms with van der Waals surface area (Å²) in [5, 5.41) is 5.25. The fourth-order valence-electron chi connectivity index (χ4n) is 3.90.